The highest BCUT2D eigenvalue weighted by Gasteiger charge is 2.34. The fraction of sp³-hybridized carbons (Fsp3) is 0.143. The van der Waals surface area contributed by atoms with Crippen LogP contribution in [0.25, 0.3) is 0 Å². The number of aromatic nitrogens is 2. The summed E-state index contributed by atoms with van der Waals surface area (Å²) in [4.78, 5) is 44.8. The second kappa shape index (κ2) is 8.89. The summed E-state index contributed by atoms with van der Waals surface area (Å²) in [6.07, 6.45) is -0.198. The van der Waals surface area contributed by atoms with Gasteiger partial charge in [-0.25, -0.2) is 0 Å². The maximum atomic E-state index is 12.9. The first-order chi connectivity index (χ1) is 15.3. The number of hydrogen-bond donors (Lipinski definition) is 4. The lowest BCUT2D eigenvalue weighted by Crippen LogP contribution is -2.36. The van der Waals surface area contributed by atoms with Gasteiger partial charge in [-0.05, 0) is 42.5 Å². The summed E-state index contributed by atoms with van der Waals surface area (Å²) < 4.78 is 5.11. The topological polar surface area (TPSA) is 125 Å². The summed E-state index contributed by atoms with van der Waals surface area (Å²) in [7, 11) is 1.56. The van der Waals surface area contributed by atoms with Gasteiger partial charge in [0.2, 0.25) is 17.8 Å². The molecule has 0 radical (unpaired) electrons. The van der Waals surface area contributed by atoms with Crippen molar-refractivity contribution < 1.29 is 14.3 Å². The molecule has 0 fully saturated rings. The largest absolute Gasteiger partial charge is 0.497 e. The van der Waals surface area contributed by atoms with Crippen LogP contribution in [0.15, 0.2) is 47.3 Å². The molecule has 0 spiro atoms. The first-order valence-electron chi connectivity index (χ1n) is 9.45. The van der Waals surface area contributed by atoms with E-state index < -0.39 is 23.3 Å². The zero-order chi connectivity index (χ0) is 22.8. The number of benzene rings is 2. The number of fused-ring (bicyclic) bond motifs is 1. The van der Waals surface area contributed by atoms with Gasteiger partial charge in [-0.15, -0.1) is 0 Å². The van der Waals surface area contributed by atoms with Crippen LogP contribution in [-0.4, -0.2) is 28.9 Å². The Balaban J connectivity index is 1.61. The van der Waals surface area contributed by atoms with Crippen LogP contribution in [0.1, 0.15) is 17.9 Å². The van der Waals surface area contributed by atoms with Crippen molar-refractivity contribution >= 4 is 58.2 Å². The maximum absolute atomic E-state index is 12.9. The van der Waals surface area contributed by atoms with Crippen LogP contribution in [0, 0.1) is 0 Å². The highest BCUT2D eigenvalue weighted by Crippen LogP contribution is 2.31. The maximum Gasteiger partial charge on any atom is 0.258 e. The van der Waals surface area contributed by atoms with Crippen LogP contribution in [0.3, 0.4) is 0 Å². The smallest absolute Gasteiger partial charge is 0.258 e. The second-order valence-electron chi connectivity index (χ2n) is 6.95. The average Bonchev–Trinajstić information content (AvgIpc) is 2.76. The van der Waals surface area contributed by atoms with Gasteiger partial charge in [0.15, 0.2) is 0 Å². The molecule has 2 aromatic carbocycles. The van der Waals surface area contributed by atoms with Gasteiger partial charge < -0.3 is 20.7 Å². The van der Waals surface area contributed by atoms with Crippen molar-refractivity contribution in [1.82, 2.24) is 9.97 Å². The zero-order valence-electron chi connectivity index (χ0n) is 16.7. The number of nitrogens with zero attached hydrogens (tertiary/aromatic N) is 1. The number of ether oxygens (including phenoxy) is 1. The zero-order valence-corrected chi connectivity index (χ0v) is 18.2. The van der Waals surface area contributed by atoms with Crippen molar-refractivity contribution in [3.63, 3.8) is 0 Å². The van der Waals surface area contributed by atoms with Crippen LogP contribution < -0.4 is 26.2 Å². The highest BCUT2D eigenvalue weighted by atomic mass is 35.5. The van der Waals surface area contributed by atoms with Crippen molar-refractivity contribution in [2.24, 2.45) is 0 Å². The summed E-state index contributed by atoms with van der Waals surface area (Å²) >= 11 is 11.9. The SMILES string of the molecule is COc1ccc(Nc2nc3c(c(=O)[nH]2)C(C(=O)Nc2ccc(Cl)c(Cl)c2)CC(=O)N3)cc1. The fourth-order valence-corrected chi connectivity index (χ4v) is 3.57. The molecule has 11 heteroatoms. The van der Waals surface area contributed by atoms with E-state index in [-0.39, 0.29) is 28.8 Å². The molecule has 164 valence electrons. The van der Waals surface area contributed by atoms with E-state index in [1.165, 1.54) is 12.1 Å². The molecule has 9 nitrogen and oxygen atoms in total. The third-order valence-electron chi connectivity index (χ3n) is 4.81. The molecule has 2 amide bonds. The van der Waals surface area contributed by atoms with E-state index in [1.54, 1.807) is 37.4 Å². The molecule has 3 aromatic rings. The minimum Gasteiger partial charge on any atom is -0.497 e. The summed E-state index contributed by atoms with van der Waals surface area (Å²) in [6, 6.07) is 11.5. The molecule has 1 atom stereocenters. The van der Waals surface area contributed by atoms with Gasteiger partial charge in [0.25, 0.3) is 5.56 Å². The number of anilines is 4. The minimum absolute atomic E-state index is 0.0234. The lowest BCUT2D eigenvalue weighted by atomic mass is 9.92. The number of aromatic amines is 1. The summed E-state index contributed by atoms with van der Waals surface area (Å²) in [5, 5.41) is 8.78. The van der Waals surface area contributed by atoms with Crippen molar-refractivity contribution in [1.29, 1.82) is 0 Å². The second-order valence-corrected chi connectivity index (χ2v) is 7.77. The normalized spacial score (nSPS) is 14.8. The molecule has 1 unspecified atom stereocenters. The molecule has 2 heterocycles. The molecule has 0 saturated heterocycles. The Bertz CT molecular complexity index is 1260. The third-order valence-corrected chi connectivity index (χ3v) is 5.55. The molecule has 0 saturated carbocycles. The first kappa shape index (κ1) is 21.7. The van der Waals surface area contributed by atoms with Crippen molar-refractivity contribution in [2.45, 2.75) is 12.3 Å². The number of carbonyl (C=O) groups is 2. The number of carbonyl (C=O) groups excluding carboxylic acids is 2. The standard InChI is InChI=1S/C21H17Cl2N5O4/c1-32-12-5-2-10(3-6-12)25-21-27-18-17(20(31)28-21)13(9-16(29)26-18)19(30)24-11-4-7-14(22)15(23)8-11/h2-8,13H,9H2,1H3,(H,24,30)(H3,25,26,27,28,29,31). The fourth-order valence-electron chi connectivity index (χ4n) is 3.27. The Morgan fingerprint density at radius 1 is 1.09 bits per heavy atom. The Labute approximate surface area is 192 Å². The molecule has 0 aliphatic carbocycles. The van der Waals surface area contributed by atoms with Gasteiger partial charge >= 0.3 is 0 Å². The molecule has 1 aliphatic heterocycles. The van der Waals surface area contributed by atoms with Crippen LogP contribution in [-0.2, 0) is 9.59 Å². The van der Waals surface area contributed by atoms with E-state index in [4.69, 9.17) is 27.9 Å². The van der Waals surface area contributed by atoms with E-state index in [2.05, 4.69) is 25.9 Å². The predicted octanol–water partition coefficient (Wildman–Crippen LogP) is 3.89. The summed E-state index contributed by atoms with van der Waals surface area (Å²) in [5.74, 6) is -1.19. The van der Waals surface area contributed by atoms with Crippen molar-refractivity contribution in [3.8, 4) is 5.75 Å². The summed E-state index contributed by atoms with van der Waals surface area (Å²) in [5.41, 5.74) is 0.562. The van der Waals surface area contributed by atoms with E-state index in [9.17, 15) is 14.4 Å². The Hall–Kier alpha value is -3.56. The highest BCUT2D eigenvalue weighted by molar-refractivity contribution is 6.42. The van der Waals surface area contributed by atoms with Crippen LogP contribution in [0.2, 0.25) is 10.0 Å². The third kappa shape index (κ3) is 4.53. The molecular weight excluding hydrogens is 457 g/mol. The lowest BCUT2D eigenvalue weighted by molar-refractivity contribution is -0.123. The molecule has 1 aromatic heterocycles. The predicted molar refractivity (Wildman–Crippen MR) is 122 cm³/mol. The van der Waals surface area contributed by atoms with E-state index in [0.29, 0.717) is 22.1 Å². The molecular formula is C21H17Cl2N5O4. The minimum atomic E-state index is -1.03. The van der Waals surface area contributed by atoms with E-state index in [1.807, 2.05) is 0 Å². The molecule has 1 aliphatic rings. The molecule has 0 bridgehead atoms. The van der Waals surface area contributed by atoms with Gasteiger partial charge in [-0.2, -0.15) is 4.98 Å². The first-order valence-corrected chi connectivity index (χ1v) is 10.2. The van der Waals surface area contributed by atoms with Crippen LogP contribution in [0.5, 0.6) is 5.75 Å². The number of H-pyrrole nitrogens is 1. The van der Waals surface area contributed by atoms with Gasteiger partial charge in [0.05, 0.1) is 28.6 Å². The Kier molecular flexibility index (Phi) is 6.02. The number of methoxy groups -OCH3 is 1. The van der Waals surface area contributed by atoms with Crippen molar-refractivity contribution in [3.05, 3.63) is 68.4 Å². The lowest BCUT2D eigenvalue weighted by Gasteiger charge is -2.23. The molecule has 32 heavy (non-hydrogen) atoms. The number of halogens is 2. The molecule has 4 N–H and O–H groups in total. The number of rotatable bonds is 5. The average molecular weight is 474 g/mol. The van der Waals surface area contributed by atoms with E-state index in [0.717, 1.165) is 0 Å². The Morgan fingerprint density at radius 2 is 1.81 bits per heavy atom. The van der Waals surface area contributed by atoms with Crippen LogP contribution >= 0.6 is 23.2 Å². The van der Waals surface area contributed by atoms with Gasteiger partial charge in [-0.1, -0.05) is 23.2 Å². The quantitative estimate of drug-likeness (QED) is 0.445. The monoisotopic (exact) mass is 473 g/mol. The number of nitrogens with one attached hydrogen (secondary N) is 4. The summed E-state index contributed by atoms with van der Waals surface area (Å²) in [6.45, 7) is 0. The van der Waals surface area contributed by atoms with Gasteiger partial charge in [0.1, 0.15) is 11.6 Å². The van der Waals surface area contributed by atoms with Gasteiger partial charge in [0, 0.05) is 17.8 Å². The van der Waals surface area contributed by atoms with E-state index >= 15 is 0 Å². The van der Waals surface area contributed by atoms with Crippen LogP contribution in [0.4, 0.5) is 23.1 Å². The Morgan fingerprint density at radius 3 is 2.50 bits per heavy atom. The van der Waals surface area contributed by atoms with Gasteiger partial charge in [-0.3, -0.25) is 19.4 Å². The number of hydrogen-bond acceptors (Lipinski definition) is 6. The molecule has 4 rings (SSSR count). The van der Waals surface area contributed by atoms with Crippen molar-refractivity contribution in [2.75, 3.05) is 23.1 Å². The number of amides is 2.